The molecular weight excluding hydrogens is 1690 g/mol. The van der Waals surface area contributed by atoms with Gasteiger partial charge in [0.25, 0.3) is 0 Å². The molecule has 12 aliphatic rings. The normalized spacial score (nSPS) is 25.1. The van der Waals surface area contributed by atoms with Crippen molar-refractivity contribution < 1.29 is 0 Å². The number of nitrogens with one attached hydrogen (secondary N) is 4. The Morgan fingerprint density at radius 3 is 0.550 bits per heavy atom. The van der Waals surface area contributed by atoms with E-state index in [4.69, 9.17) is 0 Å². The van der Waals surface area contributed by atoms with Crippen molar-refractivity contribution >= 4 is 0 Å². The number of rotatable bonds is 26. The fraction of sp³-hybridized carbons (Fsp3) is 0.559. The molecule has 0 radical (unpaired) electrons. The monoisotopic (exact) mass is 1870 g/mol. The van der Waals surface area contributed by atoms with Gasteiger partial charge in [0, 0.05) is 58.7 Å². The van der Waals surface area contributed by atoms with Crippen LogP contribution in [0.5, 0.6) is 0 Å². The van der Waals surface area contributed by atoms with Gasteiger partial charge in [0.05, 0.1) is 0 Å². The van der Waals surface area contributed by atoms with Gasteiger partial charge in [0.15, 0.2) is 0 Å². The minimum absolute atomic E-state index is 0.0337. The van der Waals surface area contributed by atoms with Crippen LogP contribution in [0.25, 0.3) is 0 Å². The molecular formula is C136H184N4. The minimum atomic E-state index is -0.0337. The van der Waals surface area contributed by atoms with Crippen LogP contribution in [0, 0.1) is 84.9 Å². The van der Waals surface area contributed by atoms with Gasteiger partial charge in [-0.25, -0.2) is 0 Å². The SMILES string of the molecule is CC(C)C(C)(C)c1ccc(C(c2ccc(C(C)(C)C(C)C)cc2)[C@@H]2CCCCN2)cc1.CC(C)C(C)(C)c1ccc(C(c2ccc(C(C)(C)C(C)C)cc2)[C@H]2CCCCN2)cc1.Cc1ccc(C(C)(C)c2ccc(C(c3ccc(C(C)(C)c4ccc(C)cc4)cc3)[C@H]3CCCCN3)cc2)cc1.c1cc(C(c2ccc(C3C4CC5CC(C4)CC3C5)cc2)[C@@H]2CCCCN2)ccc1C1C2CC3CC(C2)CC1C3. The van der Waals surface area contributed by atoms with Crippen molar-refractivity contribution in [2.75, 3.05) is 26.2 Å². The Bertz CT molecular complexity index is 5020. The molecule has 4 atom stereocenters. The summed E-state index contributed by atoms with van der Waals surface area (Å²) in [7, 11) is 0. The zero-order valence-electron chi connectivity index (χ0n) is 91.2. The van der Waals surface area contributed by atoms with Gasteiger partial charge in [-0.3, -0.25) is 0 Å². The average molecular weight is 1870 g/mol. The van der Waals surface area contributed by atoms with E-state index < -0.39 is 0 Å². The zero-order chi connectivity index (χ0) is 98.7. The van der Waals surface area contributed by atoms with Crippen molar-refractivity contribution in [1.29, 1.82) is 0 Å². The van der Waals surface area contributed by atoms with Crippen LogP contribution in [0.3, 0.4) is 0 Å². The third-order valence-corrected chi connectivity index (χ3v) is 40.2. The van der Waals surface area contributed by atoms with E-state index in [0.717, 1.165) is 78.8 Å². The molecule has 0 unspecified atom stereocenters. The largest absolute Gasteiger partial charge is 0.313 e. The van der Waals surface area contributed by atoms with Gasteiger partial charge < -0.3 is 21.3 Å². The second-order valence-corrected chi connectivity index (χ2v) is 51.6. The number of benzene rings is 10. The van der Waals surface area contributed by atoms with Crippen LogP contribution >= 0.6 is 0 Å². The van der Waals surface area contributed by atoms with Crippen LogP contribution in [0.4, 0.5) is 0 Å². The minimum Gasteiger partial charge on any atom is -0.313 e. The Kier molecular flexibility index (Phi) is 32.6. The lowest BCUT2D eigenvalue weighted by Gasteiger charge is -2.54. The van der Waals surface area contributed by atoms with E-state index in [1.807, 2.05) is 0 Å². The van der Waals surface area contributed by atoms with Gasteiger partial charge in [-0.1, -0.05) is 418 Å². The Morgan fingerprint density at radius 2 is 0.379 bits per heavy atom. The molecule has 0 aromatic heterocycles. The van der Waals surface area contributed by atoms with Crippen molar-refractivity contribution in [2.45, 2.75) is 386 Å². The molecule has 0 spiro atoms. The number of aryl methyl sites for hydroxylation is 2. The molecule has 140 heavy (non-hydrogen) atoms. The first-order valence-corrected chi connectivity index (χ1v) is 56.9. The summed E-state index contributed by atoms with van der Waals surface area (Å²) in [6.45, 7) is 55.7. The fourth-order valence-corrected chi connectivity index (χ4v) is 28.4. The second-order valence-electron chi connectivity index (χ2n) is 51.6. The van der Waals surface area contributed by atoms with Crippen molar-refractivity contribution in [3.63, 3.8) is 0 Å². The van der Waals surface area contributed by atoms with E-state index in [0.29, 0.717) is 71.5 Å². The zero-order valence-corrected chi connectivity index (χ0v) is 91.2. The van der Waals surface area contributed by atoms with Crippen molar-refractivity contribution in [1.82, 2.24) is 21.3 Å². The highest BCUT2D eigenvalue weighted by Gasteiger charge is 2.51. The highest BCUT2D eigenvalue weighted by molar-refractivity contribution is 5.49. The van der Waals surface area contributed by atoms with Gasteiger partial charge >= 0.3 is 0 Å². The molecule has 8 aliphatic carbocycles. The highest BCUT2D eigenvalue weighted by atomic mass is 14.9. The summed E-state index contributed by atoms with van der Waals surface area (Å²) < 4.78 is 0. The first-order valence-electron chi connectivity index (χ1n) is 56.9. The molecule has 4 N–H and O–H groups in total. The van der Waals surface area contributed by atoms with Gasteiger partial charge in [0.2, 0.25) is 0 Å². The van der Waals surface area contributed by atoms with Crippen molar-refractivity contribution in [2.24, 2.45) is 71.0 Å². The topological polar surface area (TPSA) is 48.1 Å². The highest BCUT2D eigenvalue weighted by Crippen LogP contribution is 2.62. The molecule has 0 amide bonds. The summed E-state index contributed by atoms with van der Waals surface area (Å²) >= 11 is 0. The quantitative estimate of drug-likeness (QED) is 0.0436. The molecule has 748 valence electrons. The Hall–Kier alpha value is -7.96. The standard InChI is InChI=1S/C38H49N.C38H45N.2C30H45N/c1-2-12-39-35(3-1)38(29-8-4-27(5-9-29)36-31-15-23-13-24(17-31)18-32(36)16-23)30-10-6-28(7-11-30)37-33-19-25-14-26(21-33)22-34(37)20-25;1-27-10-18-31(19-11-27)37(3,4)33-22-14-29(15-23-33)36(35-9-7-8-26-39-35)30-16-24-34(25-17-30)38(5,6)32-20-12-28(2)13-21-32;2*1-21(2)29(5,6)25-16-12-23(13-17-25)28(27-11-9-10-20-31-27)24-14-18-26(19-15-24)30(7,8)22(3)4/h4-11,23-26,31-39H,1-3,12-22H2;10-25,35-36,39H,7-9,26H2,1-6H3;2*12-19,21-22,27-28,31H,9-11,20H2,1-8H3/t23?,24?,25?,26?,31?,32?,33?,34?,35-,36?,37?,38?;35-;2*27-/m0110/s1. The summed E-state index contributed by atoms with van der Waals surface area (Å²) in [6, 6.07) is 97.7. The van der Waals surface area contributed by atoms with E-state index in [1.54, 1.807) is 35.1 Å². The third-order valence-electron chi connectivity index (χ3n) is 40.2. The molecule has 10 aromatic rings. The van der Waals surface area contributed by atoms with Crippen LogP contribution in [0.2, 0.25) is 0 Å². The van der Waals surface area contributed by atoms with Crippen LogP contribution in [0.15, 0.2) is 243 Å². The second kappa shape index (κ2) is 44.1. The number of piperidine rings is 4. The van der Waals surface area contributed by atoms with Gasteiger partial charge in [-0.15, -0.1) is 0 Å². The van der Waals surface area contributed by atoms with E-state index in [2.05, 4.69) is 416 Å². The van der Waals surface area contributed by atoms with E-state index >= 15 is 0 Å². The molecule has 12 fully saturated rings. The Balaban J connectivity index is 0.000000130. The van der Waals surface area contributed by atoms with E-state index in [9.17, 15) is 0 Å². The predicted octanol–water partition coefficient (Wildman–Crippen LogP) is 33.9. The lowest BCUT2D eigenvalue weighted by molar-refractivity contribution is -0.00283. The molecule has 8 saturated carbocycles. The first kappa shape index (κ1) is 103. The Labute approximate surface area is 852 Å². The predicted molar refractivity (Wildman–Crippen MR) is 599 cm³/mol. The maximum atomic E-state index is 3.96. The summed E-state index contributed by atoms with van der Waals surface area (Å²) in [5.41, 5.74) is 29.5. The van der Waals surface area contributed by atoms with E-state index in [-0.39, 0.29) is 32.5 Å². The molecule has 4 aliphatic heterocycles. The lowest BCUT2D eigenvalue weighted by atomic mass is 9.50. The lowest BCUT2D eigenvalue weighted by Crippen LogP contribution is -2.43. The fourth-order valence-electron chi connectivity index (χ4n) is 28.4. The molecule has 10 aromatic carbocycles. The van der Waals surface area contributed by atoms with Gasteiger partial charge in [-0.05, 0) is 360 Å². The molecule has 4 heteroatoms. The number of hydrogen-bond acceptors (Lipinski definition) is 4. The first-order chi connectivity index (χ1) is 67.0. The molecule has 4 saturated heterocycles. The van der Waals surface area contributed by atoms with Crippen molar-refractivity contribution in [3.05, 3.63) is 354 Å². The van der Waals surface area contributed by atoms with Crippen molar-refractivity contribution in [3.8, 4) is 0 Å². The maximum absolute atomic E-state index is 3.96. The van der Waals surface area contributed by atoms with Gasteiger partial charge in [-0.2, -0.15) is 0 Å². The number of hydrogen-bond donors (Lipinski definition) is 4. The van der Waals surface area contributed by atoms with E-state index in [1.165, 1.54) is 224 Å². The van der Waals surface area contributed by atoms with Crippen LogP contribution in [-0.4, -0.2) is 50.3 Å². The van der Waals surface area contributed by atoms with Crippen LogP contribution in [-0.2, 0) is 32.5 Å². The summed E-state index contributed by atoms with van der Waals surface area (Å²) in [5, 5.41) is 15.5. The molecule has 8 bridgehead atoms. The maximum Gasteiger partial charge on any atom is 0.0243 e. The van der Waals surface area contributed by atoms with Crippen LogP contribution in [0.1, 0.15) is 427 Å². The average Bonchev–Trinajstić information content (AvgIpc) is 0.748. The Morgan fingerprint density at radius 1 is 0.207 bits per heavy atom. The smallest absolute Gasteiger partial charge is 0.0243 e. The van der Waals surface area contributed by atoms with Crippen LogP contribution < -0.4 is 21.3 Å². The summed E-state index contributed by atoms with van der Waals surface area (Å²) in [6.07, 6.45) is 30.8. The van der Waals surface area contributed by atoms with Gasteiger partial charge in [0.1, 0.15) is 0 Å². The molecule has 22 rings (SSSR count). The summed E-state index contributed by atoms with van der Waals surface area (Å²) in [5.74, 6) is 13.9. The summed E-state index contributed by atoms with van der Waals surface area (Å²) in [4.78, 5) is 0. The molecule has 4 nitrogen and oxygen atoms in total. The third kappa shape index (κ3) is 22.8. The molecule has 4 heterocycles.